The number of carbonyl (C=O) groups is 1. The molecule has 0 heterocycles. The summed E-state index contributed by atoms with van der Waals surface area (Å²) in [5.41, 5.74) is -3.52. The summed E-state index contributed by atoms with van der Waals surface area (Å²) >= 11 is 0. The van der Waals surface area contributed by atoms with Gasteiger partial charge in [0.05, 0.1) is 25.4 Å². The van der Waals surface area contributed by atoms with Crippen molar-refractivity contribution in [3.8, 4) is 0 Å². The summed E-state index contributed by atoms with van der Waals surface area (Å²) in [5, 5.41) is 13.5. The molecule has 0 radical (unpaired) electrons. The topological polar surface area (TPSA) is 84.9 Å². The molecule has 0 aliphatic carbocycles. The molecule has 0 saturated heterocycles. The van der Waals surface area contributed by atoms with Crippen LogP contribution in [0.25, 0.3) is 0 Å². The fourth-order valence-electron chi connectivity index (χ4n) is 4.65. The van der Waals surface area contributed by atoms with Gasteiger partial charge >= 0.3 is 13.3 Å². The standard InChI is InChI=1S/C30H52F2NO5P/c1-4-7-8-9-10-11-12-13-14-15-16-17-21-24-28(34)33-27(29(35)26-22-19-18-20-23-26)25-30(31,32)39(36,37-5-2)38-6-3/h18-20,22-23,27,29,35H,4-17,21,24-25H2,1-3H3,(H,33,34)/t27-,29+/m1/s1. The Kier molecular flexibility index (Phi) is 18.8. The van der Waals surface area contributed by atoms with Crippen LogP contribution in [-0.4, -0.2) is 35.9 Å². The number of aliphatic hydroxyl groups excluding tert-OH is 1. The second-order valence-electron chi connectivity index (χ2n) is 10.2. The van der Waals surface area contributed by atoms with Crippen LogP contribution >= 0.6 is 7.60 Å². The maximum absolute atomic E-state index is 15.2. The van der Waals surface area contributed by atoms with Crippen LogP contribution in [-0.2, 0) is 18.4 Å². The molecule has 9 heteroatoms. The zero-order valence-corrected chi connectivity index (χ0v) is 25.2. The van der Waals surface area contributed by atoms with Gasteiger partial charge < -0.3 is 19.5 Å². The maximum atomic E-state index is 15.2. The predicted octanol–water partition coefficient (Wildman–Crippen LogP) is 8.94. The van der Waals surface area contributed by atoms with Crippen LogP contribution in [0.4, 0.5) is 8.78 Å². The van der Waals surface area contributed by atoms with Crippen LogP contribution in [0.3, 0.4) is 0 Å². The van der Waals surface area contributed by atoms with Crippen molar-refractivity contribution in [2.75, 3.05) is 13.2 Å². The first kappa shape index (κ1) is 35.7. The molecule has 0 bridgehead atoms. The van der Waals surface area contributed by atoms with E-state index in [-0.39, 0.29) is 19.6 Å². The molecular weight excluding hydrogens is 523 g/mol. The number of hydrogen-bond acceptors (Lipinski definition) is 5. The van der Waals surface area contributed by atoms with Gasteiger partial charge in [0.1, 0.15) is 0 Å². The van der Waals surface area contributed by atoms with Crippen molar-refractivity contribution in [1.82, 2.24) is 5.32 Å². The average molecular weight is 576 g/mol. The molecule has 0 unspecified atom stereocenters. The minimum Gasteiger partial charge on any atom is -0.386 e. The number of alkyl halides is 2. The van der Waals surface area contributed by atoms with Gasteiger partial charge in [0.15, 0.2) is 0 Å². The van der Waals surface area contributed by atoms with Gasteiger partial charge in [0, 0.05) is 12.8 Å². The normalized spacial score (nSPS) is 13.8. The molecule has 0 spiro atoms. The zero-order valence-electron chi connectivity index (χ0n) is 24.3. The van der Waals surface area contributed by atoms with E-state index in [0.29, 0.717) is 12.0 Å². The van der Waals surface area contributed by atoms with Crippen LogP contribution in [0.1, 0.15) is 129 Å². The Labute approximate surface area is 235 Å². The number of benzene rings is 1. The summed E-state index contributed by atoms with van der Waals surface area (Å²) in [6.45, 7) is 4.70. The van der Waals surface area contributed by atoms with Gasteiger partial charge in [-0.2, -0.15) is 8.78 Å². The van der Waals surface area contributed by atoms with E-state index in [0.717, 1.165) is 19.3 Å². The molecule has 1 amide bonds. The maximum Gasteiger partial charge on any atom is 0.399 e. The van der Waals surface area contributed by atoms with Crippen LogP contribution in [0.2, 0.25) is 0 Å². The van der Waals surface area contributed by atoms with Crippen LogP contribution in [0.5, 0.6) is 0 Å². The Morgan fingerprint density at radius 1 is 0.846 bits per heavy atom. The van der Waals surface area contributed by atoms with E-state index < -0.39 is 37.7 Å². The largest absolute Gasteiger partial charge is 0.399 e. The fourth-order valence-corrected chi connectivity index (χ4v) is 6.20. The first-order chi connectivity index (χ1) is 18.7. The highest BCUT2D eigenvalue weighted by Crippen LogP contribution is 2.63. The predicted molar refractivity (Wildman–Crippen MR) is 154 cm³/mol. The Morgan fingerprint density at radius 3 is 1.77 bits per heavy atom. The van der Waals surface area contributed by atoms with Gasteiger partial charge in [-0.1, -0.05) is 114 Å². The molecule has 2 N–H and O–H groups in total. The van der Waals surface area contributed by atoms with Crippen molar-refractivity contribution >= 4 is 13.5 Å². The first-order valence-electron chi connectivity index (χ1n) is 15.0. The molecule has 2 atom stereocenters. The highest BCUT2D eigenvalue weighted by molar-refractivity contribution is 7.55. The molecule has 0 fully saturated rings. The fraction of sp³-hybridized carbons (Fsp3) is 0.767. The first-order valence-corrected chi connectivity index (χ1v) is 16.5. The summed E-state index contributed by atoms with van der Waals surface area (Å²) in [4.78, 5) is 12.7. The molecule has 1 rings (SSSR count). The number of carbonyl (C=O) groups excluding carboxylic acids is 1. The Bertz CT molecular complexity index is 802. The number of nitrogens with one attached hydrogen (secondary N) is 1. The number of aliphatic hydroxyl groups is 1. The van der Waals surface area contributed by atoms with E-state index in [1.54, 1.807) is 30.3 Å². The molecule has 0 aliphatic rings. The van der Waals surface area contributed by atoms with Gasteiger partial charge in [0.2, 0.25) is 5.91 Å². The molecular formula is C30H52F2NO5P. The molecule has 6 nitrogen and oxygen atoms in total. The molecule has 0 aliphatic heterocycles. The van der Waals surface area contributed by atoms with E-state index in [2.05, 4.69) is 12.2 Å². The average Bonchev–Trinajstić information content (AvgIpc) is 2.91. The van der Waals surface area contributed by atoms with Gasteiger partial charge in [0.25, 0.3) is 0 Å². The second-order valence-corrected chi connectivity index (χ2v) is 12.4. The monoisotopic (exact) mass is 575 g/mol. The Balaban J connectivity index is 2.55. The molecule has 226 valence electrons. The molecule has 1 aromatic carbocycles. The Hall–Kier alpha value is -1.34. The highest BCUT2D eigenvalue weighted by atomic mass is 31.2. The molecule has 1 aromatic rings. The third-order valence-corrected chi connectivity index (χ3v) is 9.02. The lowest BCUT2D eigenvalue weighted by atomic mass is 9.99. The van der Waals surface area contributed by atoms with Crippen molar-refractivity contribution < 1.29 is 32.3 Å². The SMILES string of the molecule is CCCCCCCCCCCCCCCC(=O)N[C@H](CC(F)(F)P(=O)(OCC)OCC)[C@@H](O)c1ccccc1. The number of rotatable bonds is 24. The number of unbranched alkanes of at least 4 members (excludes halogenated alkanes) is 12. The Morgan fingerprint density at radius 2 is 1.31 bits per heavy atom. The zero-order chi connectivity index (χ0) is 29.0. The van der Waals surface area contributed by atoms with Gasteiger partial charge in [-0.3, -0.25) is 9.36 Å². The van der Waals surface area contributed by atoms with E-state index in [9.17, 15) is 14.5 Å². The number of halogens is 2. The van der Waals surface area contributed by atoms with Crippen molar-refractivity contribution in [2.45, 2.75) is 135 Å². The van der Waals surface area contributed by atoms with E-state index in [1.165, 1.54) is 71.6 Å². The summed E-state index contributed by atoms with van der Waals surface area (Å²) < 4.78 is 53.0. The van der Waals surface area contributed by atoms with Gasteiger partial charge in [-0.05, 0) is 25.8 Å². The minimum absolute atomic E-state index is 0.177. The van der Waals surface area contributed by atoms with Gasteiger partial charge in [-0.25, -0.2) is 0 Å². The second kappa shape index (κ2) is 20.5. The van der Waals surface area contributed by atoms with Gasteiger partial charge in [-0.15, -0.1) is 0 Å². The molecule has 0 saturated carbocycles. The molecule has 0 aromatic heterocycles. The summed E-state index contributed by atoms with van der Waals surface area (Å²) in [6.07, 6.45) is 13.0. The van der Waals surface area contributed by atoms with Crippen molar-refractivity contribution in [2.24, 2.45) is 0 Å². The summed E-state index contributed by atoms with van der Waals surface area (Å²) in [7, 11) is -4.80. The number of amides is 1. The van der Waals surface area contributed by atoms with Crippen molar-refractivity contribution in [3.63, 3.8) is 0 Å². The molecule has 39 heavy (non-hydrogen) atoms. The van der Waals surface area contributed by atoms with Crippen LogP contribution in [0, 0.1) is 0 Å². The van der Waals surface area contributed by atoms with E-state index in [4.69, 9.17) is 9.05 Å². The lowest BCUT2D eigenvalue weighted by Crippen LogP contribution is -2.43. The van der Waals surface area contributed by atoms with Crippen molar-refractivity contribution in [1.29, 1.82) is 0 Å². The quantitative estimate of drug-likeness (QED) is 0.0949. The van der Waals surface area contributed by atoms with E-state index >= 15 is 8.78 Å². The number of hydrogen-bond donors (Lipinski definition) is 2. The van der Waals surface area contributed by atoms with E-state index in [1.807, 2.05) is 0 Å². The van der Waals surface area contributed by atoms with Crippen molar-refractivity contribution in [3.05, 3.63) is 35.9 Å². The summed E-state index contributed by atoms with van der Waals surface area (Å²) in [5.74, 6) is -0.420. The lowest BCUT2D eigenvalue weighted by Gasteiger charge is -2.31. The summed E-state index contributed by atoms with van der Waals surface area (Å²) in [6, 6.07) is 6.91. The minimum atomic E-state index is -4.80. The van der Waals surface area contributed by atoms with Crippen LogP contribution in [0.15, 0.2) is 30.3 Å². The highest BCUT2D eigenvalue weighted by Gasteiger charge is 2.55. The third kappa shape index (κ3) is 14.2. The third-order valence-electron chi connectivity index (χ3n) is 6.84. The smallest absolute Gasteiger partial charge is 0.386 e. The lowest BCUT2D eigenvalue weighted by molar-refractivity contribution is -0.123. The van der Waals surface area contributed by atoms with Crippen LogP contribution < -0.4 is 5.32 Å².